The highest BCUT2D eigenvalue weighted by Crippen LogP contribution is 2.47. The number of oxime groups is 1. The number of carbonyl (C=O) groups is 3. The Morgan fingerprint density at radius 2 is 1.81 bits per heavy atom. The number of nitrogens with two attached hydrogens (primary N) is 1. The number of alkyl halides is 1. The molecule has 13 atom stereocenters. The first-order valence-electron chi connectivity index (χ1n) is 22.3. The molecule has 2 aromatic heterocycles. The fraction of sp³-hybridized carbons (Fsp3) is 0.717. The summed E-state index contributed by atoms with van der Waals surface area (Å²) in [4.78, 5) is 63.5. The number of hydrogen-bond donors (Lipinski definition) is 3. The Labute approximate surface area is 375 Å². The number of pyridine rings is 1. The highest BCUT2D eigenvalue weighted by molar-refractivity contribution is 7.13. The summed E-state index contributed by atoms with van der Waals surface area (Å²) in [7, 11) is 3.70. The second kappa shape index (κ2) is 20.6. The Hall–Kier alpha value is -3.74. The van der Waals surface area contributed by atoms with Gasteiger partial charge in [0.25, 0.3) is 5.67 Å². The number of cyclic esters (lactones) is 1. The van der Waals surface area contributed by atoms with Gasteiger partial charge in [-0.15, -0.1) is 11.3 Å². The monoisotopic (exact) mass is 900 g/mol. The van der Waals surface area contributed by atoms with Crippen LogP contribution in [0.2, 0.25) is 0 Å². The number of halogens is 1. The first kappa shape index (κ1) is 50.3. The van der Waals surface area contributed by atoms with Gasteiger partial charge in [-0.05, 0) is 109 Å². The Balaban J connectivity index is 1.67. The van der Waals surface area contributed by atoms with E-state index in [1.807, 2.05) is 64.2 Å². The summed E-state index contributed by atoms with van der Waals surface area (Å²) >= 11 is 1.40. The Kier molecular flexibility index (Phi) is 16.4. The molecule has 63 heavy (non-hydrogen) atoms. The number of ketones is 1. The number of aromatic nitrogens is 2. The lowest BCUT2D eigenvalue weighted by molar-refractivity contribution is -0.287. The summed E-state index contributed by atoms with van der Waals surface area (Å²) in [5.41, 5.74) is 2.40. The molecule has 0 spiro atoms. The standard InChI is InChI=1S/C46H69FN6O9S/c1-12-34-46(9,58)31-18-17-29(52-59-23-30-24-63-41(49-30)32-15-14-16-35(48)50-32)19-20-44(7,22-25(3)37(27(31)5)51-36(54)13-2)40(28(6)39(56)45(8,47)43(57)61-34)62-42-38(55)33(53(10)11)21-26(4)60-42/h14-16,24-28,31,33-34,38,40,42,55,58H,12-13,17-23H2,1-11H3,(H2,48,50)/b51-37?,52-29+/t25-,26-,27-,28+,31-,33+,34-,38-,40-,42+,44-,45+,46+/m1/s1. The zero-order chi connectivity index (χ0) is 46.6. The number of likely N-dealkylation sites (N-methyl/N-ethyl adjacent to an activating group) is 1. The summed E-state index contributed by atoms with van der Waals surface area (Å²) in [5.74, 6) is -5.43. The number of fused-ring (bicyclic) bond motifs is 5. The van der Waals surface area contributed by atoms with Gasteiger partial charge in [0.15, 0.2) is 18.7 Å². The average Bonchev–Trinajstić information content (AvgIpc) is 3.70. The van der Waals surface area contributed by atoms with E-state index in [1.165, 1.54) is 18.3 Å². The number of ether oxygens (including phenoxy) is 3. The predicted molar refractivity (Wildman–Crippen MR) is 240 cm³/mol. The van der Waals surface area contributed by atoms with Crippen LogP contribution in [0, 0.1) is 29.1 Å². The van der Waals surface area contributed by atoms with Crippen LogP contribution < -0.4 is 5.73 Å². The Morgan fingerprint density at radius 3 is 2.46 bits per heavy atom. The fourth-order valence-corrected chi connectivity index (χ4v) is 10.7. The largest absolute Gasteiger partial charge is 0.457 e. The third-order valence-corrected chi connectivity index (χ3v) is 14.5. The maximum absolute atomic E-state index is 17.0. The van der Waals surface area contributed by atoms with Crippen LogP contribution in [0.4, 0.5) is 10.2 Å². The molecule has 0 aromatic carbocycles. The van der Waals surface area contributed by atoms with Crippen molar-refractivity contribution in [2.75, 3.05) is 19.8 Å². The summed E-state index contributed by atoms with van der Waals surface area (Å²) < 4.78 is 36.0. The van der Waals surface area contributed by atoms with Crippen LogP contribution in [0.25, 0.3) is 10.7 Å². The number of hydrogen-bond acceptors (Lipinski definition) is 15. The molecule has 4 N–H and O–H groups in total. The molecule has 17 heteroatoms. The fourth-order valence-electron chi connectivity index (χ4n) is 9.97. The topological polar surface area (TPSA) is 208 Å². The van der Waals surface area contributed by atoms with Crippen LogP contribution in [-0.2, 0) is 40.0 Å². The highest BCUT2D eigenvalue weighted by Gasteiger charge is 2.56. The van der Waals surface area contributed by atoms with Gasteiger partial charge in [0.2, 0.25) is 5.91 Å². The van der Waals surface area contributed by atoms with Crippen molar-refractivity contribution in [1.29, 1.82) is 0 Å². The van der Waals surface area contributed by atoms with Gasteiger partial charge in [0.05, 0.1) is 23.6 Å². The van der Waals surface area contributed by atoms with Crippen LogP contribution in [0.15, 0.2) is 33.7 Å². The van der Waals surface area contributed by atoms with Crippen LogP contribution in [-0.4, -0.2) is 116 Å². The molecule has 4 heterocycles. The normalized spacial score (nSPS) is 37.6. The van der Waals surface area contributed by atoms with Gasteiger partial charge >= 0.3 is 5.97 Å². The molecule has 350 valence electrons. The summed E-state index contributed by atoms with van der Waals surface area (Å²) in [6.07, 6.45) is -2.81. The van der Waals surface area contributed by atoms with Crippen molar-refractivity contribution in [3.05, 3.63) is 29.3 Å². The van der Waals surface area contributed by atoms with E-state index in [-0.39, 0.29) is 43.9 Å². The van der Waals surface area contributed by atoms with Crippen molar-refractivity contribution in [3.63, 3.8) is 0 Å². The van der Waals surface area contributed by atoms with Crippen molar-refractivity contribution in [3.8, 4) is 10.7 Å². The summed E-state index contributed by atoms with van der Waals surface area (Å²) in [6.45, 7) is 15.1. The van der Waals surface area contributed by atoms with E-state index in [9.17, 15) is 24.6 Å². The van der Waals surface area contributed by atoms with Gasteiger partial charge in [-0.3, -0.25) is 9.59 Å². The van der Waals surface area contributed by atoms with E-state index in [1.54, 1.807) is 26.8 Å². The van der Waals surface area contributed by atoms with Gasteiger partial charge < -0.3 is 39.9 Å². The molecule has 1 saturated carbocycles. The molecule has 0 radical (unpaired) electrons. The molecule has 2 saturated heterocycles. The van der Waals surface area contributed by atoms with E-state index in [4.69, 9.17) is 29.8 Å². The van der Waals surface area contributed by atoms with E-state index in [0.29, 0.717) is 65.7 Å². The molecule has 1 amide bonds. The number of rotatable bonds is 9. The quantitative estimate of drug-likeness (QED) is 0.136. The Bertz CT molecular complexity index is 1990. The number of thiazole rings is 1. The number of aliphatic imine (C=N–C) groups is 1. The molecule has 3 fully saturated rings. The second-order valence-corrected chi connectivity index (χ2v) is 19.7. The van der Waals surface area contributed by atoms with E-state index in [0.717, 1.165) is 6.92 Å². The molecule has 2 aromatic rings. The van der Waals surface area contributed by atoms with Gasteiger partial charge in [-0.1, -0.05) is 52.8 Å². The molecule has 2 bridgehead atoms. The van der Waals surface area contributed by atoms with Crippen molar-refractivity contribution >= 4 is 46.2 Å². The first-order valence-corrected chi connectivity index (χ1v) is 23.2. The van der Waals surface area contributed by atoms with Crippen molar-refractivity contribution in [2.24, 2.45) is 39.2 Å². The van der Waals surface area contributed by atoms with Gasteiger partial charge in [0, 0.05) is 35.4 Å². The number of nitrogen functional groups attached to an aromatic ring is 1. The second-order valence-electron chi connectivity index (χ2n) is 18.8. The SMILES string of the molecule is CCC(=O)N=C1[C@H](C)C[C@@]2(C)CC/C(=N/OCc3csc(-c4cccc(N)n4)n3)CC[C@H]([C@H]1C)[C@](C)(O)[C@@H](CC)OC(=O)[C@@](C)(F)C(=O)[C@H](C)[C@H]2O[C@@H]1O[C@H](C)C[C@H](N(C)C)[C@H]1O. The number of nitrogens with zero attached hydrogens (tertiary/aromatic N) is 5. The zero-order valence-electron chi connectivity index (χ0n) is 38.8. The third kappa shape index (κ3) is 11.4. The molecule has 2 aliphatic heterocycles. The number of esters is 1. The average molecular weight is 901 g/mol. The first-order chi connectivity index (χ1) is 29.5. The van der Waals surface area contributed by atoms with Crippen molar-refractivity contribution in [2.45, 2.75) is 168 Å². The summed E-state index contributed by atoms with van der Waals surface area (Å²) in [6, 6.07) is 4.98. The molecule has 3 aliphatic rings. The van der Waals surface area contributed by atoms with Crippen LogP contribution in [0.3, 0.4) is 0 Å². The minimum absolute atomic E-state index is 0.0481. The number of aliphatic hydroxyl groups is 2. The Morgan fingerprint density at radius 1 is 1.10 bits per heavy atom. The molecule has 1 aliphatic carbocycles. The lowest BCUT2D eigenvalue weighted by atomic mass is 9.65. The van der Waals surface area contributed by atoms with E-state index in [2.05, 4.69) is 15.1 Å². The zero-order valence-corrected chi connectivity index (χ0v) is 39.6. The maximum atomic E-state index is 17.0. The van der Waals surface area contributed by atoms with Crippen LogP contribution in [0.5, 0.6) is 0 Å². The number of anilines is 1. The lowest BCUT2D eigenvalue weighted by Gasteiger charge is -2.48. The van der Waals surface area contributed by atoms with Crippen molar-refractivity contribution in [1.82, 2.24) is 14.9 Å². The molecular weight excluding hydrogens is 832 g/mol. The minimum atomic E-state index is -3.13. The smallest absolute Gasteiger partial charge is 0.351 e. The van der Waals surface area contributed by atoms with Gasteiger partial charge in [0.1, 0.15) is 34.3 Å². The van der Waals surface area contributed by atoms with E-state index >= 15 is 4.39 Å². The van der Waals surface area contributed by atoms with Gasteiger partial charge in [-0.25, -0.2) is 24.1 Å². The van der Waals surface area contributed by atoms with E-state index < -0.39 is 76.7 Å². The number of Topliss-reactive ketones (excluding diaryl/α,β-unsaturated/α-hetero) is 1. The van der Waals surface area contributed by atoms with Gasteiger partial charge in [-0.2, -0.15) is 0 Å². The van der Waals surface area contributed by atoms with Crippen molar-refractivity contribution < 1.29 is 48.0 Å². The predicted octanol–water partition coefficient (Wildman–Crippen LogP) is 6.73. The molecule has 5 rings (SSSR count). The number of carbonyl (C=O) groups excluding carboxylic acids is 3. The summed E-state index contributed by atoms with van der Waals surface area (Å²) in [5, 5.41) is 31.6. The highest BCUT2D eigenvalue weighted by atomic mass is 32.1. The third-order valence-electron chi connectivity index (χ3n) is 13.6. The molecule has 15 nitrogen and oxygen atoms in total. The number of aliphatic hydroxyl groups excluding tert-OH is 1. The minimum Gasteiger partial charge on any atom is -0.457 e. The molecule has 0 unspecified atom stereocenters. The lowest BCUT2D eigenvalue weighted by Crippen LogP contribution is -2.59. The van der Waals surface area contributed by atoms with Crippen LogP contribution >= 0.6 is 11.3 Å². The molecular formula is C46H69FN6O9S. The number of amides is 1. The maximum Gasteiger partial charge on any atom is 0.351 e. The van der Waals surface area contributed by atoms with Crippen LogP contribution in [0.1, 0.15) is 119 Å².